The molecule has 0 atom stereocenters. The number of unbranched alkanes of at least 4 members (excludes halogenated alkanes) is 1. The monoisotopic (exact) mass is 578 g/mol. The van der Waals surface area contributed by atoms with E-state index in [4.69, 9.17) is 14.2 Å². The molecule has 1 aromatic carbocycles. The van der Waals surface area contributed by atoms with Gasteiger partial charge in [0.25, 0.3) is 0 Å². The highest BCUT2D eigenvalue weighted by molar-refractivity contribution is 6.03. The van der Waals surface area contributed by atoms with Crippen LogP contribution in [-0.2, 0) is 23.8 Å². The molecule has 0 unspecified atom stereocenters. The Morgan fingerprint density at radius 3 is 1.68 bits per heavy atom. The van der Waals surface area contributed by atoms with Crippen LogP contribution in [0.3, 0.4) is 0 Å². The number of rotatable bonds is 8. The van der Waals surface area contributed by atoms with Crippen LogP contribution in [0.1, 0.15) is 98.4 Å². The van der Waals surface area contributed by atoms with E-state index in [0.29, 0.717) is 12.8 Å². The number of carbonyl (C=O) groups excluding carboxylic acids is 4. The number of anilines is 1. The summed E-state index contributed by atoms with van der Waals surface area (Å²) >= 11 is 0. The van der Waals surface area contributed by atoms with Gasteiger partial charge in [-0.3, -0.25) is 20.2 Å². The minimum Gasteiger partial charge on any atom is -0.478 e. The summed E-state index contributed by atoms with van der Waals surface area (Å²) in [5.41, 5.74) is -2.39. The summed E-state index contributed by atoms with van der Waals surface area (Å²) in [5.74, 6) is -2.46. The van der Waals surface area contributed by atoms with Crippen molar-refractivity contribution in [1.82, 2.24) is 10.6 Å². The minimum atomic E-state index is -1.29. The van der Waals surface area contributed by atoms with E-state index in [1.807, 2.05) is 0 Å². The highest BCUT2D eigenvalue weighted by Crippen LogP contribution is 2.23. The lowest BCUT2D eigenvalue weighted by Gasteiger charge is -2.22. The molecule has 41 heavy (non-hydrogen) atoms. The number of carboxylic acid groups (broad SMARTS) is 1. The van der Waals surface area contributed by atoms with Crippen LogP contribution < -0.4 is 16.0 Å². The molecule has 0 saturated heterocycles. The average molecular weight is 579 g/mol. The SMILES string of the molecule is CC(C)(C)OC(=O)CCCCC(=O)Nc1cc(N=C(NC(=O)OC(C)(C)C)NC(=O)OC(C)(C)C)cc(C(=O)O)c1. The number of carbonyl (C=O) groups is 5. The first-order valence-electron chi connectivity index (χ1n) is 13.1. The van der Waals surface area contributed by atoms with Gasteiger partial charge in [0.2, 0.25) is 11.9 Å². The maximum Gasteiger partial charge on any atom is 0.414 e. The third-order valence-corrected chi connectivity index (χ3v) is 4.38. The Morgan fingerprint density at radius 1 is 0.732 bits per heavy atom. The number of hydrogen-bond donors (Lipinski definition) is 4. The van der Waals surface area contributed by atoms with Crippen LogP contribution in [0.4, 0.5) is 21.0 Å². The number of hydrogen-bond acceptors (Lipinski definition) is 9. The van der Waals surface area contributed by atoms with Gasteiger partial charge in [0.05, 0.1) is 11.3 Å². The Bertz CT molecular complexity index is 1120. The van der Waals surface area contributed by atoms with E-state index in [9.17, 15) is 29.1 Å². The number of carboxylic acids is 1. The number of aliphatic imine (C=N–C) groups is 1. The number of amides is 3. The van der Waals surface area contributed by atoms with Crippen LogP contribution in [0, 0.1) is 0 Å². The van der Waals surface area contributed by atoms with Gasteiger partial charge in [-0.1, -0.05) is 0 Å². The fourth-order valence-corrected chi connectivity index (χ4v) is 3.06. The molecule has 0 spiro atoms. The molecule has 3 amide bonds. The summed E-state index contributed by atoms with van der Waals surface area (Å²) < 4.78 is 15.7. The van der Waals surface area contributed by atoms with Gasteiger partial charge < -0.3 is 24.6 Å². The number of nitrogens with zero attached hydrogens (tertiary/aromatic N) is 1. The predicted molar refractivity (Wildman–Crippen MR) is 152 cm³/mol. The molecule has 0 aromatic heterocycles. The molecule has 0 aliphatic carbocycles. The molecule has 0 fully saturated rings. The van der Waals surface area contributed by atoms with Crippen molar-refractivity contribution in [2.24, 2.45) is 4.99 Å². The third kappa shape index (κ3) is 16.5. The van der Waals surface area contributed by atoms with Crippen molar-refractivity contribution in [2.45, 2.75) is 105 Å². The number of ether oxygens (including phenoxy) is 3. The second-order valence-corrected chi connectivity index (χ2v) is 12.1. The Morgan fingerprint density at radius 2 is 1.22 bits per heavy atom. The second-order valence-electron chi connectivity index (χ2n) is 12.1. The molecule has 0 heterocycles. The van der Waals surface area contributed by atoms with E-state index >= 15 is 0 Å². The number of aromatic carboxylic acids is 1. The summed E-state index contributed by atoms with van der Waals surface area (Å²) in [7, 11) is 0. The quantitative estimate of drug-likeness (QED) is 0.105. The van der Waals surface area contributed by atoms with E-state index in [2.05, 4.69) is 20.9 Å². The Hall–Kier alpha value is -4.16. The zero-order valence-electron chi connectivity index (χ0n) is 25.2. The van der Waals surface area contributed by atoms with Gasteiger partial charge in [-0.25, -0.2) is 19.4 Å². The number of nitrogens with one attached hydrogen (secondary N) is 3. The predicted octanol–water partition coefficient (Wildman–Crippen LogP) is 5.26. The molecular formula is C28H42N4O9. The Balaban J connectivity index is 3.11. The first kappa shape index (κ1) is 34.9. The molecule has 13 nitrogen and oxygen atoms in total. The maximum absolute atomic E-state index is 12.5. The number of alkyl carbamates (subject to hydrolysis) is 2. The van der Waals surface area contributed by atoms with E-state index in [1.54, 1.807) is 62.3 Å². The molecule has 0 saturated carbocycles. The van der Waals surface area contributed by atoms with Gasteiger partial charge in [-0.15, -0.1) is 0 Å². The fraction of sp³-hybridized carbons (Fsp3) is 0.571. The summed E-state index contributed by atoms with van der Waals surface area (Å²) in [5, 5.41) is 16.8. The van der Waals surface area contributed by atoms with E-state index < -0.39 is 46.8 Å². The zero-order valence-corrected chi connectivity index (χ0v) is 25.2. The zero-order chi connectivity index (χ0) is 31.6. The van der Waals surface area contributed by atoms with Crippen LogP contribution in [0.5, 0.6) is 0 Å². The Kier molecular flexibility index (Phi) is 12.3. The highest BCUT2D eigenvalue weighted by atomic mass is 16.6. The third-order valence-electron chi connectivity index (χ3n) is 4.38. The van der Waals surface area contributed by atoms with Gasteiger partial charge in [0.15, 0.2) is 0 Å². The molecule has 0 radical (unpaired) electrons. The van der Waals surface area contributed by atoms with Crippen molar-refractivity contribution in [3.05, 3.63) is 23.8 Å². The average Bonchev–Trinajstić information content (AvgIpc) is 2.72. The van der Waals surface area contributed by atoms with Gasteiger partial charge >= 0.3 is 24.1 Å². The largest absolute Gasteiger partial charge is 0.478 e. The van der Waals surface area contributed by atoms with Crippen molar-refractivity contribution in [3.8, 4) is 0 Å². The molecule has 13 heteroatoms. The smallest absolute Gasteiger partial charge is 0.414 e. The number of guanidine groups is 1. The lowest BCUT2D eigenvalue weighted by Crippen LogP contribution is -2.47. The molecule has 4 N–H and O–H groups in total. The Labute approximate surface area is 240 Å². The van der Waals surface area contributed by atoms with Gasteiger partial charge in [-0.2, -0.15) is 0 Å². The van der Waals surface area contributed by atoms with Crippen molar-refractivity contribution in [3.63, 3.8) is 0 Å². The molecule has 0 aliphatic heterocycles. The second kappa shape index (κ2) is 14.5. The van der Waals surface area contributed by atoms with Crippen LogP contribution >= 0.6 is 0 Å². The summed E-state index contributed by atoms with van der Waals surface area (Å²) in [6.07, 6.45) is -0.787. The van der Waals surface area contributed by atoms with Gasteiger partial charge in [-0.05, 0) is 93.4 Å². The number of esters is 1. The lowest BCUT2D eigenvalue weighted by atomic mass is 10.1. The summed E-state index contributed by atoms with van der Waals surface area (Å²) in [6.45, 7) is 15.2. The first-order valence-corrected chi connectivity index (χ1v) is 13.1. The molecule has 0 aliphatic rings. The van der Waals surface area contributed by atoms with E-state index in [-0.39, 0.29) is 35.7 Å². The van der Waals surface area contributed by atoms with Crippen molar-refractivity contribution >= 4 is 47.4 Å². The van der Waals surface area contributed by atoms with E-state index in [0.717, 1.165) is 0 Å². The fourth-order valence-electron chi connectivity index (χ4n) is 3.06. The summed E-state index contributed by atoms with van der Waals surface area (Å²) in [6, 6.07) is 3.78. The minimum absolute atomic E-state index is 0.00718. The van der Waals surface area contributed by atoms with Gasteiger partial charge in [0, 0.05) is 18.5 Å². The van der Waals surface area contributed by atoms with Crippen LogP contribution in [-0.4, -0.2) is 57.9 Å². The van der Waals surface area contributed by atoms with Crippen molar-refractivity contribution in [2.75, 3.05) is 5.32 Å². The number of benzene rings is 1. The van der Waals surface area contributed by atoms with E-state index in [1.165, 1.54) is 18.2 Å². The van der Waals surface area contributed by atoms with Crippen LogP contribution in [0.15, 0.2) is 23.2 Å². The normalized spacial score (nSPS) is 11.5. The first-order chi connectivity index (χ1) is 18.6. The standard InChI is InChI=1S/C28H42N4O9/c1-26(2,3)39-21(34)13-11-10-12-20(33)29-18-14-17(22(35)36)15-19(16-18)30-23(31-24(37)40-27(4,5)6)32-25(38)41-28(7,8)9/h14-16H,10-13H2,1-9H3,(H,29,33)(H,35,36)(H2,30,31,32,37,38). The molecule has 228 valence electrons. The summed E-state index contributed by atoms with van der Waals surface area (Å²) in [4.78, 5) is 65.0. The van der Waals surface area contributed by atoms with Crippen LogP contribution in [0.25, 0.3) is 0 Å². The van der Waals surface area contributed by atoms with Gasteiger partial charge in [0.1, 0.15) is 16.8 Å². The molecule has 1 aromatic rings. The maximum atomic E-state index is 12.5. The lowest BCUT2D eigenvalue weighted by molar-refractivity contribution is -0.155. The molecule has 0 bridgehead atoms. The highest BCUT2D eigenvalue weighted by Gasteiger charge is 2.22. The molecular weight excluding hydrogens is 536 g/mol. The van der Waals surface area contributed by atoms with Crippen molar-refractivity contribution in [1.29, 1.82) is 0 Å². The molecule has 1 rings (SSSR count). The van der Waals surface area contributed by atoms with Crippen molar-refractivity contribution < 1.29 is 43.3 Å². The van der Waals surface area contributed by atoms with Crippen LogP contribution in [0.2, 0.25) is 0 Å². The topological polar surface area (TPSA) is 182 Å².